The summed E-state index contributed by atoms with van der Waals surface area (Å²) in [4.78, 5) is 14.2. The number of hydrogen-bond acceptors (Lipinski definition) is 2. The van der Waals surface area contributed by atoms with E-state index in [1.165, 1.54) is 0 Å². The summed E-state index contributed by atoms with van der Waals surface area (Å²) in [6.07, 6.45) is 2.32. The smallest absolute Gasteiger partial charge is 0.253 e. The molecule has 18 heavy (non-hydrogen) atoms. The van der Waals surface area contributed by atoms with E-state index in [0.717, 1.165) is 31.5 Å². The topological polar surface area (TPSA) is 32.3 Å². The van der Waals surface area contributed by atoms with Gasteiger partial charge in [-0.25, -0.2) is 0 Å². The van der Waals surface area contributed by atoms with Crippen LogP contribution < -0.4 is 5.32 Å². The first-order valence-corrected chi connectivity index (χ1v) is 6.73. The number of rotatable bonds is 3. The van der Waals surface area contributed by atoms with Gasteiger partial charge < -0.3 is 10.2 Å². The SMILES string of the molecule is CC(C1CCNCC1)N(C)C(=O)c1ccccc1. The molecule has 0 aliphatic carbocycles. The van der Waals surface area contributed by atoms with Crippen molar-refractivity contribution in [2.45, 2.75) is 25.8 Å². The maximum atomic E-state index is 12.3. The van der Waals surface area contributed by atoms with E-state index in [1.807, 2.05) is 42.3 Å². The lowest BCUT2D eigenvalue weighted by molar-refractivity contribution is 0.0670. The lowest BCUT2D eigenvalue weighted by atomic mass is 9.90. The molecule has 3 heteroatoms. The monoisotopic (exact) mass is 246 g/mol. The molecule has 1 amide bonds. The molecule has 1 fully saturated rings. The van der Waals surface area contributed by atoms with E-state index < -0.39 is 0 Å². The molecule has 0 radical (unpaired) electrons. The molecule has 1 atom stereocenters. The fourth-order valence-corrected chi connectivity index (χ4v) is 2.61. The number of nitrogens with zero attached hydrogens (tertiary/aromatic N) is 1. The summed E-state index contributed by atoms with van der Waals surface area (Å²) in [7, 11) is 1.92. The van der Waals surface area contributed by atoms with Crippen LogP contribution in [0.5, 0.6) is 0 Å². The second-order valence-electron chi connectivity index (χ2n) is 5.11. The molecule has 98 valence electrons. The Balaban J connectivity index is 2.01. The largest absolute Gasteiger partial charge is 0.339 e. The van der Waals surface area contributed by atoms with Crippen molar-refractivity contribution in [1.82, 2.24) is 10.2 Å². The Hall–Kier alpha value is -1.35. The van der Waals surface area contributed by atoms with E-state index >= 15 is 0 Å². The Morgan fingerprint density at radius 3 is 2.50 bits per heavy atom. The molecule has 2 rings (SSSR count). The maximum Gasteiger partial charge on any atom is 0.253 e. The Morgan fingerprint density at radius 1 is 1.28 bits per heavy atom. The molecule has 1 unspecified atom stereocenters. The maximum absolute atomic E-state index is 12.3. The molecule has 0 saturated carbocycles. The summed E-state index contributed by atoms with van der Waals surface area (Å²) >= 11 is 0. The van der Waals surface area contributed by atoms with Gasteiger partial charge in [0.1, 0.15) is 0 Å². The van der Waals surface area contributed by atoms with Crippen LogP contribution in [0.15, 0.2) is 30.3 Å². The first kappa shape index (κ1) is 13.1. The van der Waals surface area contributed by atoms with Gasteiger partial charge in [-0.15, -0.1) is 0 Å². The summed E-state index contributed by atoms with van der Waals surface area (Å²) in [5, 5.41) is 3.37. The molecule has 1 aliphatic rings. The van der Waals surface area contributed by atoms with Crippen molar-refractivity contribution in [3.8, 4) is 0 Å². The third-order valence-electron chi connectivity index (χ3n) is 4.02. The standard InChI is InChI=1S/C15H22N2O/c1-12(13-8-10-16-11-9-13)17(2)15(18)14-6-4-3-5-7-14/h3-7,12-13,16H,8-11H2,1-2H3. The minimum atomic E-state index is 0.127. The normalized spacial score (nSPS) is 18.3. The lowest BCUT2D eigenvalue weighted by Gasteiger charge is -2.34. The van der Waals surface area contributed by atoms with Crippen LogP contribution in [0.3, 0.4) is 0 Å². The first-order chi connectivity index (χ1) is 8.70. The number of amides is 1. The van der Waals surface area contributed by atoms with Crippen LogP contribution in [0.25, 0.3) is 0 Å². The summed E-state index contributed by atoms with van der Waals surface area (Å²) in [5.41, 5.74) is 0.779. The molecule has 1 N–H and O–H groups in total. The number of nitrogens with one attached hydrogen (secondary N) is 1. The van der Waals surface area contributed by atoms with Crippen LogP contribution >= 0.6 is 0 Å². The zero-order valence-corrected chi connectivity index (χ0v) is 11.2. The van der Waals surface area contributed by atoms with Gasteiger partial charge in [0, 0.05) is 18.7 Å². The van der Waals surface area contributed by atoms with Crippen molar-refractivity contribution in [2.24, 2.45) is 5.92 Å². The minimum absolute atomic E-state index is 0.127. The summed E-state index contributed by atoms with van der Waals surface area (Å²) in [6, 6.07) is 9.83. The van der Waals surface area contributed by atoms with Crippen LogP contribution in [-0.4, -0.2) is 37.0 Å². The molecular weight excluding hydrogens is 224 g/mol. The predicted molar refractivity (Wildman–Crippen MR) is 73.6 cm³/mol. The number of hydrogen-bond donors (Lipinski definition) is 1. The van der Waals surface area contributed by atoms with Gasteiger partial charge in [0.05, 0.1) is 0 Å². The molecule has 1 saturated heterocycles. The third kappa shape index (κ3) is 2.91. The minimum Gasteiger partial charge on any atom is -0.339 e. The van der Waals surface area contributed by atoms with E-state index in [0.29, 0.717) is 12.0 Å². The second kappa shape index (κ2) is 6.01. The molecule has 1 aromatic carbocycles. The van der Waals surface area contributed by atoms with Crippen molar-refractivity contribution in [3.63, 3.8) is 0 Å². The van der Waals surface area contributed by atoms with Gasteiger partial charge in [0.25, 0.3) is 5.91 Å². The second-order valence-corrected chi connectivity index (χ2v) is 5.11. The molecular formula is C15H22N2O. The van der Waals surface area contributed by atoms with Crippen molar-refractivity contribution in [2.75, 3.05) is 20.1 Å². The van der Waals surface area contributed by atoms with Crippen molar-refractivity contribution in [1.29, 1.82) is 0 Å². The average Bonchev–Trinajstić information content (AvgIpc) is 2.47. The third-order valence-corrected chi connectivity index (χ3v) is 4.02. The van der Waals surface area contributed by atoms with Crippen LogP contribution in [0, 0.1) is 5.92 Å². The summed E-state index contributed by atoms with van der Waals surface area (Å²) in [6.45, 7) is 4.31. The zero-order valence-electron chi connectivity index (χ0n) is 11.2. The number of carbonyl (C=O) groups excluding carboxylic acids is 1. The fourth-order valence-electron chi connectivity index (χ4n) is 2.61. The molecule has 0 aromatic heterocycles. The molecule has 1 aliphatic heterocycles. The highest BCUT2D eigenvalue weighted by Crippen LogP contribution is 2.21. The van der Waals surface area contributed by atoms with Crippen molar-refractivity contribution < 1.29 is 4.79 Å². The highest BCUT2D eigenvalue weighted by atomic mass is 16.2. The van der Waals surface area contributed by atoms with Crippen molar-refractivity contribution in [3.05, 3.63) is 35.9 Å². The molecule has 0 spiro atoms. The van der Waals surface area contributed by atoms with Crippen LogP contribution in [0.2, 0.25) is 0 Å². The Bertz CT molecular complexity index is 385. The summed E-state index contributed by atoms with van der Waals surface area (Å²) < 4.78 is 0. The van der Waals surface area contributed by atoms with Gasteiger partial charge in [0.15, 0.2) is 0 Å². The quantitative estimate of drug-likeness (QED) is 0.886. The van der Waals surface area contributed by atoms with Gasteiger partial charge in [-0.1, -0.05) is 18.2 Å². The highest BCUT2D eigenvalue weighted by molar-refractivity contribution is 5.94. The van der Waals surface area contributed by atoms with E-state index in [4.69, 9.17) is 0 Å². The molecule has 1 heterocycles. The molecule has 1 aromatic rings. The van der Waals surface area contributed by atoms with E-state index in [-0.39, 0.29) is 5.91 Å². The Labute approximate surface area is 109 Å². The molecule has 3 nitrogen and oxygen atoms in total. The predicted octanol–water partition coefficient (Wildman–Crippen LogP) is 2.15. The van der Waals surface area contributed by atoms with Crippen LogP contribution in [-0.2, 0) is 0 Å². The van der Waals surface area contributed by atoms with Gasteiger partial charge >= 0.3 is 0 Å². The summed E-state index contributed by atoms with van der Waals surface area (Å²) in [5.74, 6) is 0.741. The van der Waals surface area contributed by atoms with E-state index in [9.17, 15) is 4.79 Å². The lowest BCUT2D eigenvalue weighted by Crippen LogP contribution is -2.43. The fraction of sp³-hybridized carbons (Fsp3) is 0.533. The van der Waals surface area contributed by atoms with Gasteiger partial charge in [-0.3, -0.25) is 4.79 Å². The Kier molecular flexibility index (Phi) is 4.37. The average molecular weight is 246 g/mol. The number of piperidine rings is 1. The van der Waals surface area contributed by atoms with Gasteiger partial charge in [-0.2, -0.15) is 0 Å². The van der Waals surface area contributed by atoms with Gasteiger partial charge in [0.2, 0.25) is 0 Å². The van der Waals surface area contributed by atoms with E-state index in [2.05, 4.69) is 12.2 Å². The van der Waals surface area contributed by atoms with E-state index in [1.54, 1.807) is 0 Å². The Morgan fingerprint density at radius 2 is 1.89 bits per heavy atom. The number of carbonyl (C=O) groups is 1. The number of benzene rings is 1. The van der Waals surface area contributed by atoms with Crippen molar-refractivity contribution >= 4 is 5.91 Å². The first-order valence-electron chi connectivity index (χ1n) is 6.73. The van der Waals surface area contributed by atoms with Gasteiger partial charge in [-0.05, 0) is 50.9 Å². The van der Waals surface area contributed by atoms with Crippen LogP contribution in [0.1, 0.15) is 30.1 Å². The highest BCUT2D eigenvalue weighted by Gasteiger charge is 2.26. The zero-order chi connectivity index (χ0) is 13.0. The van der Waals surface area contributed by atoms with Crippen LogP contribution in [0.4, 0.5) is 0 Å². The molecule has 0 bridgehead atoms.